The van der Waals surface area contributed by atoms with Gasteiger partial charge >= 0.3 is 6.03 Å². The number of nitrogens with one attached hydrogen (secondary N) is 2. The maximum atomic E-state index is 12.4. The molecule has 0 spiro atoms. The molecule has 6 nitrogen and oxygen atoms in total. The molecule has 1 saturated heterocycles. The molecule has 2 heterocycles. The van der Waals surface area contributed by atoms with Crippen molar-refractivity contribution < 1.29 is 9.53 Å². The van der Waals surface area contributed by atoms with Gasteiger partial charge in [-0.25, -0.2) is 4.79 Å². The molecule has 2 amide bonds. The molecular weight excluding hydrogens is 384 g/mol. The Morgan fingerprint density at radius 2 is 1.93 bits per heavy atom. The number of benzene rings is 1. The van der Waals surface area contributed by atoms with Crippen LogP contribution < -0.4 is 15.4 Å². The van der Waals surface area contributed by atoms with Crippen molar-refractivity contribution in [2.75, 3.05) is 51.7 Å². The van der Waals surface area contributed by atoms with Gasteiger partial charge in [-0.1, -0.05) is 13.3 Å². The van der Waals surface area contributed by atoms with Crippen molar-refractivity contribution in [3.63, 3.8) is 0 Å². The third-order valence-electron chi connectivity index (χ3n) is 5.24. The van der Waals surface area contributed by atoms with Crippen LogP contribution in [0.2, 0.25) is 0 Å². The number of carbonyl (C=O) groups excluding carboxylic acids is 1. The van der Waals surface area contributed by atoms with E-state index in [-0.39, 0.29) is 12.1 Å². The van der Waals surface area contributed by atoms with E-state index >= 15 is 0 Å². The number of rotatable bonds is 9. The molecule has 7 heteroatoms. The molecule has 1 aromatic heterocycles. The molecule has 3 rings (SSSR count). The normalized spacial score (nSPS) is 16.3. The maximum Gasteiger partial charge on any atom is 0.319 e. The smallest absolute Gasteiger partial charge is 0.319 e. The van der Waals surface area contributed by atoms with Gasteiger partial charge in [0.1, 0.15) is 5.75 Å². The van der Waals surface area contributed by atoms with Crippen LogP contribution in [0.5, 0.6) is 5.75 Å². The summed E-state index contributed by atoms with van der Waals surface area (Å²) in [4.78, 5) is 17.2. The Bertz CT molecular complexity index is 728. The number of anilines is 1. The lowest BCUT2D eigenvalue weighted by Gasteiger charge is -2.37. The van der Waals surface area contributed by atoms with Crippen LogP contribution in [0, 0.1) is 0 Å². The Balaban J connectivity index is 1.51. The van der Waals surface area contributed by atoms with E-state index in [0.29, 0.717) is 6.54 Å². The van der Waals surface area contributed by atoms with Crippen molar-refractivity contribution in [3.05, 3.63) is 46.7 Å². The standard InChI is InChI=1S/C22H32N4O2S/c1-3-4-14-28-20-7-5-19(6-8-20)24-22(27)23-16-21(18-9-15-29-17-18)26-12-10-25(2)11-13-26/h5-9,15,17,21H,3-4,10-14,16H2,1-2H3,(H2,23,24,27). The molecule has 1 aliphatic rings. The van der Waals surface area contributed by atoms with Gasteiger partial charge in [0.2, 0.25) is 0 Å². The largest absolute Gasteiger partial charge is 0.494 e. The number of hydrogen-bond acceptors (Lipinski definition) is 5. The zero-order valence-corrected chi connectivity index (χ0v) is 18.2. The van der Waals surface area contributed by atoms with Crippen LogP contribution >= 0.6 is 11.3 Å². The van der Waals surface area contributed by atoms with E-state index < -0.39 is 0 Å². The van der Waals surface area contributed by atoms with Gasteiger partial charge < -0.3 is 20.3 Å². The first-order valence-corrected chi connectivity index (χ1v) is 11.3. The number of ether oxygens (including phenoxy) is 1. The van der Waals surface area contributed by atoms with Crippen LogP contribution in [0.15, 0.2) is 41.1 Å². The summed E-state index contributed by atoms with van der Waals surface area (Å²) in [7, 11) is 2.16. The second kappa shape index (κ2) is 11.2. The summed E-state index contributed by atoms with van der Waals surface area (Å²) in [6, 6.07) is 9.71. The average Bonchev–Trinajstić information content (AvgIpc) is 3.25. The molecule has 2 aromatic rings. The Hall–Kier alpha value is -2.09. The number of likely N-dealkylation sites (N-methyl/N-ethyl adjacent to an activating group) is 1. The van der Waals surface area contributed by atoms with Crippen molar-refractivity contribution in [3.8, 4) is 5.75 Å². The molecule has 1 unspecified atom stereocenters. The van der Waals surface area contributed by atoms with Crippen molar-refractivity contribution in [2.24, 2.45) is 0 Å². The van der Waals surface area contributed by atoms with E-state index in [1.54, 1.807) is 11.3 Å². The van der Waals surface area contributed by atoms with Gasteiger partial charge in [-0.05, 0) is 60.1 Å². The molecule has 158 valence electrons. The number of thiophene rings is 1. The summed E-state index contributed by atoms with van der Waals surface area (Å²) in [6.45, 7) is 7.59. The minimum atomic E-state index is -0.181. The van der Waals surface area contributed by atoms with Crippen LogP contribution in [0.3, 0.4) is 0 Å². The summed E-state index contributed by atoms with van der Waals surface area (Å²) >= 11 is 1.70. The van der Waals surface area contributed by atoms with E-state index in [1.807, 2.05) is 24.3 Å². The minimum Gasteiger partial charge on any atom is -0.494 e. The van der Waals surface area contributed by atoms with Gasteiger partial charge in [0.25, 0.3) is 0 Å². The number of piperazine rings is 1. The van der Waals surface area contributed by atoms with Gasteiger partial charge in [0.05, 0.1) is 12.6 Å². The number of amides is 2. The molecule has 2 N–H and O–H groups in total. The van der Waals surface area contributed by atoms with Crippen molar-refractivity contribution in [1.29, 1.82) is 0 Å². The van der Waals surface area contributed by atoms with Crippen LogP contribution in [0.1, 0.15) is 31.4 Å². The van der Waals surface area contributed by atoms with E-state index in [1.165, 1.54) is 5.56 Å². The highest BCUT2D eigenvalue weighted by Crippen LogP contribution is 2.24. The lowest BCUT2D eigenvalue weighted by molar-refractivity contribution is 0.111. The van der Waals surface area contributed by atoms with E-state index in [2.05, 4.69) is 51.2 Å². The maximum absolute atomic E-state index is 12.4. The summed E-state index contributed by atoms with van der Waals surface area (Å²) in [5.41, 5.74) is 2.03. The lowest BCUT2D eigenvalue weighted by Crippen LogP contribution is -2.48. The number of nitrogens with zero attached hydrogens (tertiary/aromatic N) is 2. The first kappa shape index (κ1) is 21.6. The second-order valence-corrected chi connectivity index (χ2v) is 8.25. The number of hydrogen-bond donors (Lipinski definition) is 2. The lowest BCUT2D eigenvalue weighted by atomic mass is 10.1. The molecule has 1 fully saturated rings. The zero-order chi connectivity index (χ0) is 20.5. The van der Waals surface area contributed by atoms with Crippen LogP contribution in [0.4, 0.5) is 10.5 Å². The fraction of sp³-hybridized carbons (Fsp3) is 0.500. The number of urea groups is 1. The zero-order valence-electron chi connectivity index (χ0n) is 17.4. The third kappa shape index (κ3) is 6.73. The monoisotopic (exact) mass is 416 g/mol. The first-order chi connectivity index (χ1) is 14.2. The van der Waals surface area contributed by atoms with Crippen molar-refractivity contribution in [1.82, 2.24) is 15.1 Å². The van der Waals surface area contributed by atoms with E-state index in [0.717, 1.165) is 57.1 Å². The SMILES string of the molecule is CCCCOc1ccc(NC(=O)NCC(c2ccsc2)N2CCN(C)CC2)cc1. The highest BCUT2D eigenvalue weighted by Gasteiger charge is 2.24. The Kier molecular flexibility index (Phi) is 8.34. The number of carbonyl (C=O) groups is 1. The predicted molar refractivity (Wildman–Crippen MR) is 120 cm³/mol. The Morgan fingerprint density at radius 3 is 2.59 bits per heavy atom. The minimum absolute atomic E-state index is 0.181. The Labute approximate surface area is 177 Å². The molecule has 1 aromatic carbocycles. The molecule has 0 aliphatic carbocycles. The summed E-state index contributed by atoms with van der Waals surface area (Å²) in [5.74, 6) is 0.831. The van der Waals surface area contributed by atoms with Gasteiger partial charge in [0.15, 0.2) is 0 Å². The average molecular weight is 417 g/mol. The summed E-state index contributed by atoms with van der Waals surface area (Å²) < 4.78 is 5.67. The molecule has 29 heavy (non-hydrogen) atoms. The molecular formula is C22H32N4O2S. The van der Waals surface area contributed by atoms with Gasteiger partial charge in [0, 0.05) is 38.4 Å². The van der Waals surface area contributed by atoms with Crippen molar-refractivity contribution in [2.45, 2.75) is 25.8 Å². The molecule has 0 saturated carbocycles. The predicted octanol–water partition coefficient (Wildman–Crippen LogP) is 4.04. The molecule has 0 bridgehead atoms. The van der Waals surface area contributed by atoms with E-state index in [4.69, 9.17) is 4.74 Å². The van der Waals surface area contributed by atoms with Gasteiger partial charge in [-0.3, -0.25) is 4.90 Å². The summed E-state index contributed by atoms with van der Waals surface area (Å²) in [5, 5.41) is 10.3. The second-order valence-electron chi connectivity index (χ2n) is 7.47. The fourth-order valence-electron chi connectivity index (χ4n) is 3.39. The highest BCUT2D eigenvalue weighted by atomic mass is 32.1. The van der Waals surface area contributed by atoms with E-state index in [9.17, 15) is 4.79 Å². The Morgan fingerprint density at radius 1 is 1.17 bits per heavy atom. The third-order valence-corrected chi connectivity index (χ3v) is 5.94. The van der Waals surface area contributed by atoms with Crippen molar-refractivity contribution >= 4 is 23.1 Å². The van der Waals surface area contributed by atoms with Crippen LogP contribution in [0.25, 0.3) is 0 Å². The molecule has 1 aliphatic heterocycles. The highest BCUT2D eigenvalue weighted by molar-refractivity contribution is 7.07. The quantitative estimate of drug-likeness (QED) is 0.606. The van der Waals surface area contributed by atoms with Gasteiger partial charge in [-0.2, -0.15) is 11.3 Å². The topological polar surface area (TPSA) is 56.8 Å². The van der Waals surface area contributed by atoms with Crippen LogP contribution in [-0.2, 0) is 0 Å². The molecule has 0 radical (unpaired) electrons. The van der Waals surface area contributed by atoms with Gasteiger partial charge in [-0.15, -0.1) is 0 Å². The molecule has 1 atom stereocenters. The number of unbranched alkanes of at least 4 members (excludes halogenated alkanes) is 1. The summed E-state index contributed by atoms with van der Waals surface area (Å²) in [6.07, 6.45) is 2.15. The van der Waals surface area contributed by atoms with Crippen LogP contribution in [-0.4, -0.2) is 62.2 Å². The fourth-order valence-corrected chi connectivity index (χ4v) is 4.10. The first-order valence-electron chi connectivity index (χ1n) is 10.4.